The summed E-state index contributed by atoms with van der Waals surface area (Å²) in [7, 11) is -6.92. The fourth-order valence-electron chi connectivity index (χ4n) is 5.77. The molecule has 0 bridgehead atoms. The number of thiazole rings is 1. The van der Waals surface area contributed by atoms with Gasteiger partial charge in [0.1, 0.15) is 47.8 Å². The molecule has 6 rings (SSSR count). The second-order valence-electron chi connectivity index (χ2n) is 11.0. The van der Waals surface area contributed by atoms with E-state index in [9.17, 15) is 23.2 Å². The van der Waals surface area contributed by atoms with E-state index < -0.39 is 73.7 Å². The van der Waals surface area contributed by atoms with Crippen molar-refractivity contribution in [1.82, 2.24) is 34.1 Å². The van der Waals surface area contributed by atoms with Crippen molar-refractivity contribution in [1.29, 1.82) is 0 Å². The number of imidazole rings is 1. The molecule has 6 heterocycles. The van der Waals surface area contributed by atoms with Crippen molar-refractivity contribution in [2.75, 3.05) is 38.0 Å². The predicted molar refractivity (Wildman–Crippen MR) is 179 cm³/mol. The van der Waals surface area contributed by atoms with Crippen molar-refractivity contribution < 1.29 is 41.5 Å². The Labute approximate surface area is 289 Å². The third-order valence-electron chi connectivity index (χ3n) is 8.35. The average Bonchev–Trinajstić information content (AvgIpc) is 3.80. The van der Waals surface area contributed by atoms with Gasteiger partial charge < -0.3 is 30.0 Å². The van der Waals surface area contributed by atoms with Crippen LogP contribution >= 0.6 is 49.8 Å². The molecule has 0 amide bonds. The van der Waals surface area contributed by atoms with Gasteiger partial charge in [-0.2, -0.15) is 0 Å². The Bertz CT molecular complexity index is 1950. The van der Waals surface area contributed by atoms with Gasteiger partial charge >= 0.3 is 20.7 Å². The molecule has 2 aliphatic heterocycles. The number of nitrogen functional groups attached to an aromatic ring is 2. The van der Waals surface area contributed by atoms with Crippen LogP contribution < -0.4 is 16.3 Å². The van der Waals surface area contributed by atoms with Gasteiger partial charge in [0, 0.05) is 26.1 Å². The lowest BCUT2D eigenvalue weighted by atomic mass is 9.92. The third kappa shape index (κ3) is 6.64. The molecule has 4 aromatic rings. The smallest absolute Gasteiger partial charge is 0.382 e. The summed E-state index contributed by atoms with van der Waals surface area (Å²) in [6, 6.07) is 0. The van der Waals surface area contributed by atoms with Crippen LogP contribution in [0.1, 0.15) is 19.4 Å². The van der Waals surface area contributed by atoms with Crippen molar-refractivity contribution in [3.63, 3.8) is 0 Å². The quantitative estimate of drug-likeness (QED) is 0.0993. The van der Waals surface area contributed by atoms with Crippen LogP contribution in [0.3, 0.4) is 0 Å². The normalized spacial score (nSPS) is 29.0. The summed E-state index contributed by atoms with van der Waals surface area (Å²) >= 11 is 2.90. The number of hydrogen-bond donors (Lipinski definition) is 3. The molecule has 10 atom stereocenters. The monoisotopic (exact) mass is 840 g/mol. The second kappa shape index (κ2) is 14.3. The minimum absolute atomic E-state index is 0.111. The molecule has 2 saturated heterocycles. The first-order valence-electron chi connectivity index (χ1n) is 14.3. The largest absolute Gasteiger partial charge is 0.694 e. The summed E-state index contributed by atoms with van der Waals surface area (Å²) in [5.41, 5.74) is 12.8. The Hall–Kier alpha value is -2.59. The van der Waals surface area contributed by atoms with Crippen molar-refractivity contribution >= 4 is 82.9 Å². The van der Waals surface area contributed by atoms with Gasteiger partial charge in [0.05, 0.1) is 38.4 Å². The number of halogens is 2. The van der Waals surface area contributed by atoms with Gasteiger partial charge in [-0.05, 0) is 5.92 Å². The number of anilines is 2. The number of fused-ring (bicyclic) bond motifs is 2. The van der Waals surface area contributed by atoms with Gasteiger partial charge in [0.2, 0.25) is 0 Å². The van der Waals surface area contributed by atoms with E-state index in [2.05, 4.69) is 54.1 Å². The van der Waals surface area contributed by atoms with E-state index >= 15 is 0 Å². The molecule has 3 unspecified atom stereocenters. The lowest BCUT2D eigenvalue weighted by Crippen LogP contribution is -2.29. The van der Waals surface area contributed by atoms with E-state index in [1.807, 2.05) is 0 Å². The van der Waals surface area contributed by atoms with Crippen molar-refractivity contribution in [2.45, 2.75) is 35.5 Å². The standard InChI is InChI=1S/C25H29FIN9O9P2S/c1-3-47(40,43-7-15-16(27)12(4-26)23(45-15)35-10-34-17-19(28)30-8-32-21(17)35)42-5-13-11(2)14(6-41-46(38)39)44-24(13)36-22-18(48-25(36)37)20(29)31-9-33-22/h3,8-16,23-24H,1,4-7H2,2H3,(H4-,28,29,30,31,32,33,38,39)/p+1/t11-,12-,13-,14?,15-,16?,23-,24-,47-/m1/s1. The second-order valence-corrected chi connectivity index (χ2v) is 16.1. The van der Waals surface area contributed by atoms with Crippen molar-refractivity contribution in [3.05, 3.63) is 41.0 Å². The Morgan fingerprint density at radius 2 is 1.77 bits per heavy atom. The van der Waals surface area contributed by atoms with E-state index in [1.54, 1.807) is 11.5 Å². The van der Waals surface area contributed by atoms with Crippen LogP contribution in [-0.2, 0) is 32.2 Å². The molecule has 18 nitrogen and oxygen atoms in total. The molecular weight excluding hydrogens is 810 g/mol. The maximum absolute atomic E-state index is 14.3. The number of nitrogens with zero attached hydrogens (tertiary/aromatic N) is 7. The summed E-state index contributed by atoms with van der Waals surface area (Å²) in [5, 5.41) is 0. The van der Waals surface area contributed by atoms with Gasteiger partial charge in [-0.3, -0.25) is 22.9 Å². The Morgan fingerprint density at radius 3 is 2.48 bits per heavy atom. The van der Waals surface area contributed by atoms with E-state index in [0.29, 0.717) is 15.9 Å². The molecule has 0 saturated carbocycles. The summed E-state index contributed by atoms with van der Waals surface area (Å²) in [4.78, 5) is 42.5. The number of alkyl halides is 2. The molecule has 2 fully saturated rings. The zero-order chi connectivity index (χ0) is 34.3. The number of aromatic nitrogens is 7. The Balaban J connectivity index is 1.19. The van der Waals surface area contributed by atoms with Crippen molar-refractivity contribution in [2.24, 2.45) is 17.8 Å². The van der Waals surface area contributed by atoms with Crippen LogP contribution in [0.5, 0.6) is 0 Å². The fraction of sp³-hybridized carbons (Fsp3) is 0.520. The molecular formula is C25H30FIN9O9P2S+. The van der Waals surface area contributed by atoms with Crippen molar-refractivity contribution in [3.8, 4) is 0 Å². The van der Waals surface area contributed by atoms with Gasteiger partial charge in [0.25, 0.3) is 0 Å². The summed E-state index contributed by atoms with van der Waals surface area (Å²) in [6.07, 6.45) is 0.659. The van der Waals surface area contributed by atoms with Gasteiger partial charge in [-0.25, -0.2) is 24.9 Å². The van der Waals surface area contributed by atoms with E-state index in [0.717, 1.165) is 17.2 Å². The highest BCUT2D eigenvalue weighted by Crippen LogP contribution is 2.53. The Kier molecular flexibility index (Phi) is 10.5. The van der Waals surface area contributed by atoms with Crippen LogP contribution in [-0.4, -0.2) is 81.6 Å². The molecule has 0 radical (unpaired) electrons. The zero-order valence-electron chi connectivity index (χ0n) is 25.0. The van der Waals surface area contributed by atoms with Crippen LogP contribution in [0, 0.1) is 17.8 Å². The van der Waals surface area contributed by atoms with Crippen LogP contribution in [0.15, 0.2) is 36.2 Å². The first kappa shape index (κ1) is 35.2. The average molecular weight is 840 g/mol. The third-order valence-corrected chi connectivity index (χ3v) is 12.9. The molecule has 4 aromatic heterocycles. The summed E-state index contributed by atoms with van der Waals surface area (Å²) in [5.74, 6) is -0.383. The van der Waals surface area contributed by atoms with Gasteiger partial charge in [-0.1, -0.05) is 47.4 Å². The summed E-state index contributed by atoms with van der Waals surface area (Å²) < 4.78 is 71.2. The highest BCUT2D eigenvalue weighted by Gasteiger charge is 2.48. The van der Waals surface area contributed by atoms with E-state index in [1.165, 1.54) is 23.5 Å². The van der Waals surface area contributed by atoms with Crippen LogP contribution in [0.4, 0.5) is 16.0 Å². The highest BCUT2D eigenvalue weighted by molar-refractivity contribution is 14.1. The lowest BCUT2D eigenvalue weighted by molar-refractivity contribution is -0.0376. The maximum atomic E-state index is 14.3. The molecule has 2 aliphatic rings. The maximum Gasteiger partial charge on any atom is 0.694 e. The first-order chi connectivity index (χ1) is 23.0. The highest BCUT2D eigenvalue weighted by atomic mass is 127. The molecule has 258 valence electrons. The lowest BCUT2D eigenvalue weighted by Gasteiger charge is -2.25. The topological polar surface area (TPSA) is 244 Å². The van der Waals surface area contributed by atoms with Crippen LogP contribution in [0.25, 0.3) is 21.5 Å². The number of hydrogen-bond acceptors (Lipinski definition) is 16. The molecule has 23 heteroatoms. The zero-order valence-corrected chi connectivity index (χ0v) is 29.8. The van der Waals surface area contributed by atoms with Crippen LogP contribution in [0.2, 0.25) is 0 Å². The fourth-order valence-corrected chi connectivity index (χ4v) is 8.85. The van der Waals surface area contributed by atoms with Gasteiger partial charge in [0.15, 0.2) is 17.1 Å². The number of rotatable bonds is 13. The minimum Gasteiger partial charge on any atom is -0.382 e. The SMILES string of the molecule is C=C[P@@](=O)(OC[C@H]1[C@H](n2c(=O)sc3c(N)ncnc32)OC(CO[P+](=O)O)[C@@H]1C)OC[C@H]1O[C@@H](n2cnc3c(N)ncnc32)[C@H](CF)C1I. The molecule has 5 N–H and O–H groups in total. The molecule has 48 heavy (non-hydrogen) atoms. The molecule has 0 aliphatic carbocycles. The predicted octanol–water partition coefficient (Wildman–Crippen LogP) is 3.33. The number of ether oxygens (including phenoxy) is 2. The molecule has 0 spiro atoms. The van der Waals surface area contributed by atoms with Gasteiger partial charge in [-0.15, -0.1) is 9.42 Å². The summed E-state index contributed by atoms with van der Waals surface area (Å²) in [6.45, 7) is 3.93. The van der Waals surface area contributed by atoms with E-state index in [4.69, 9.17) is 34.5 Å². The van der Waals surface area contributed by atoms with E-state index in [-0.39, 0.29) is 37.1 Å². The molecule has 0 aromatic carbocycles. The first-order valence-corrected chi connectivity index (χ1v) is 19.1. The minimum atomic E-state index is -4.01. The number of nitrogens with two attached hydrogens (primary N) is 2. The Morgan fingerprint density at radius 1 is 1.08 bits per heavy atom.